The summed E-state index contributed by atoms with van der Waals surface area (Å²) in [5.74, 6) is -1.17. The van der Waals surface area contributed by atoms with Gasteiger partial charge in [0, 0.05) is 11.4 Å². The van der Waals surface area contributed by atoms with Crippen molar-refractivity contribution in [1.82, 2.24) is 0 Å². The van der Waals surface area contributed by atoms with Gasteiger partial charge in [0.2, 0.25) is 11.8 Å². The molecule has 0 aromatic heterocycles. The molecule has 0 aliphatic carbocycles. The van der Waals surface area contributed by atoms with E-state index in [2.05, 4.69) is 38.3 Å². The van der Waals surface area contributed by atoms with E-state index in [1.165, 1.54) is 0 Å². The van der Waals surface area contributed by atoms with Crippen LogP contribution in [0.4, 0.5) is 11.4 Å². The molecule has 0 saturated heterocycles. The number of carbonyl (C=O) groups excluding carboxylic acids is 2. The van der Waals surface area contributed by atoms with Crippen LogP contribution in [0.2, 0.25) is 0 Å². The van der Waals surface area contributed by atoms with Crippen LogP contribution in [0.15, 0.2) is 78.9 Å². The first-order chi connectivity index (χ1) is 14.9. The molecule has 2 N–H and O–H groups in total. The van der Waals surface area contributed by atoms with E-state index in [1.54, 1.807) is 0 Å². The second kappa shape index (κ2) is 10.1. The Morgan fingerprint density at radius 2 is 0.968 bits per heavy atom. The van der Waals surface area contributed by atoms with Gasteiger partial charge in [-0.05, 0) is 40.7 Å². The first-order valence-corrected chi connectivity index (χ1v) is 10.7. The van der Waals surface area contributed by atoms with Crippen molar-refractivity contribution >= 4 is 23.2 Å². The first-order valence-electron chi connectivity index (χ1n) is 10.7. The van der Waals surface area contributed by atoms with Gasteiger partial charge in [0.15, 0.2) is 0 Å². The number of para-hydroxylation sites is 2. The molecule has 160 valence electrons. The van der Waals surface area contributed by atoms with Crippen molar-refractivity contribution in [1.29, 1.82) is 0 Å². The van der Waals surface area contributed by atoms with E-state index in [0.29, 0.717) is 5.56 Å². The summed E-state index contributed by atoms with van der Waals surface area (Å²) in [6.07, 6.45) is 0. The minimum Gasteiger partial charge on any atom is -0.325 e. The van der Waals surface area contributed by atoms with E-state index in [-0.39, 0.29) is 23.7 Å². The SMILES string of the molecule is CC(C)c1ccccc1NC(=O)C(C(=O)Nc1ccccc1C(C)C)c1ccccc1. The number of rotatable bonds is 7. The summed E-state index contributed by atoms with van der Waals surface area (Å²) in [4.78, 5) is 26.7. The average molecular weight is 415 g/mol. The standard InChI is InChI=1S/C27H30N2O2/c1-18(2)21-14-8-10-16-23(21)28-26(30)25(20-12-6-5-7-13-20)27(31)29-24-17-11-9-15-22(24)19(3)4/h5-19,25H,1-4H3,(H,28,30)(H,29,31). The second-order valence-corrected chi connectivity index (χ2v) is 8.31. The van der Waals surface area contributed by atoms with Crippen LogP contribution in [0.5, 0.6) is 0 Å². The fourth-order valence-corrected chi connectivity index (χ4v) is 3.71. The Morgan fingerprint density at radius 1 is 0.581 bits per heavy atom. The molecule has 31 heavy (non-hydrogen) atoms. The van der Waals surface area contributed by atoms with Crippen molar-refractivity contribution in [2.24, 2.45) is 0 Å². The van der Waals surface area contributed by atoms with Gasteiger partial charge in [0.05, 0.1) is 0 Å². The van der Waals surface area contributed by atoms with Crippen LogP contribution in [0.3, 0.4) is 0 Å². The Balaban J connectivity index is 1.93. The Labute approximate surface area is 184 Å². The molecule has 0 heterocycles. The van der Waals surface area contributed by atoms with Gasteiger partial charge in [0.25, 0.3) is 0 Å². The van der Waals surface area contributed by atoms with Crippen molar-refractivity contribution < 1.29 is 9.59 Å². The maximum absolute atomic E-state index is 13.4. The van der Waals surface area contributed by atoms with Crippen molar-refractivity contribution in [2.45, 2.75) is 45.4 Å². The third-order valence-electron chi connectivity index (χ3n) is 5.34. The third kappa shape index (κ3) is 5.40. The molecule has 4 nitrogen and oxygen atoms in total. The summed E-state index contributed by atoms with van der Waals surface area (Å²) in [6.45, 7) is 8.31. The molecule has 0 radical (unpaired) electrons. The van der Waals surface area contributed by atoms with Gasteiger partial charge in [0.1, 0.15) is 5.92 Å². The van der Waals surface area contributed by atoms with Gasteiger partial charge >= 0.3 is 0 Å². The van der Waals surface area contributed by atoms with E-state index >= 15 is 0 Å². The first kappa shape index (κ1) is 22.3. The third-order valence-corrected chi connectivity index (χ3v) is 5.34. The summed E-state index contributed by atoms with van der Waals surface area (Å²) in [6, 6.07) is 24.6. The van der Waals surface area contributed by atoms with Crippen LogP contribution < -0.4 is 10.6 Å². The lowest BCUT2D eigenvalue weighted by Gasteiger charge is -2.21. The zero-order valence-electron chi connectivity index (χ0n) is 18.6. The second-order valence-electron chi connectivity index (χ2n) is 8.31. The summed E-state index contributed by atoms with van der Waals surface area (Å²) < 4.78 is 0. The Kier molecular flexibility index (Phi) is 7.24. The van der Waals surface area contributed by atoms with Crippen LogP contribution in [-0.2, 0) is 9.59 Å². The van der Waals surface area contributed by atoms with E-state index in [9.17, 15) is 9.59 Å². The molecule has 0 atom stereocenters. The smallest absolute Gasteiger partial charge is 0.241 e. The highest BCUT2D eigenvalue weighted by atomic mass is 16.2. The van der Waals surface area contributed by atoms with E-state index < -0.39 is 5.92 Å². The molecule has 3 rings (SSSR count). The highest BCUT2D eigenvalue weighted by molar-refractivity contribution is 6.15. The maximum atomic E-state index is 13.4. The molecule has 0 spiro atoms. The Morgan fingerprint density at radius 3 is 1.39 bits per heavy atom. The molecule has 0 aliphatic rings. The zero-order chi connectivity index (χ0) is 22.4. The molecule has 4 heteroatoms. The van der Waals surface area contributed by atoms with Crippen LogP contribution in [0.25, 0.3) is 0 Å². The van der Waals surface area contributed by atoms with E-state index in [1.807, 2.05) is 78.9 Å². The normalized spacial score (nSPS) is 11.1. The summed E-state index contributed by atoms with van der Waals surface area (Å²) in [7, 11) is 0. The highest BCUT2D eigenvalue weighted by Crippen LogP contribution is 2.28. The highest BCUT2D eigenvalue weighted by Gasteiger charge is 2.29. The number of nitrogens with one attached hydrogen (secondary N) is 2. The molecular formula is C27H30N2O2. The fraction of sp³-hybridized carbons (Fsp3) is 0.259. The molecule has 3 aromatic carbocycles. The summed E-state index contributed by atoms with van der Waals surface area (Å²) >= 11 is 0. The molecule has 0 bridgehead atoms. The van der Waals surface area contributed by atoms with Gasteiger partial charge < -0.3 is 10.6 Å². The number of anilines is 2. The van der Waals surface area contributed by atoms with Crippen molar-refractivity contribution in [3.63, 3.8) is 0 Å². The van der Waals surface area contributed by atoms with Gasteiger partial charge in [-0.25, -0.2) is 0 Å². The lowest BCUT2D eigenvalue weighted by atomic mass is 9.95. The lowest BCUT2D eigenvalue weighted by Crippen LogP contribution is -2.32. The van der Waals surface area contributed by atoms with E-state index in [4.69, 9.17) is 0 Å². The minimum absolute atomic E-state index is 0.249. The lowest BCUT2D eigenvalue weighted by molar-refractivity contribution is -0.125. The summed E-state index contributed by atoms with van der Waals surface area (Å²) in [5.41, 5.74) is 4.20. The predicted molar refractivity (Wildman–Crippen MR) is 128 cm³/mol. The topological polar surface area (TPSA) is 58.2 Å². The average Bonchev–Trinajstić information content (AvgIpc) is 2.75. The van der Waals surface area contributed by atoms with Gasteiger partial charge in [-0.1, -0.05) is 94.4 Å². The zero-order valence-corrected chi connectivity index (χ0v) is 18.6. The largest absolute Gasteiger partial charge is 0.325 e. The van der Waals surface area contributed by atoms with Crippen LogP contribution >= 0.6 is 0 Å². The van der Waals surface area contributed by atoms with Crippen LogP contribution in [0, 0.1) is 0 Å². The van der Waals surface area contributed by atoms with Crippen LogP contribution in [0.1, 0.15) is 62.1 Å². The van der Waals surface area contributed by atoms with Crippen LogP contribution in [-0.4, -0.2) is 11.8 Å². The molecular weight excluding hydrogens is 384 g/mol. The molecule has 3 aromatic rings. The fourth-order valence-electron chi connectivity index (χ4n) is 3.71. The van der Waals surface area contributed by atoms with Gasteiger partial charge in [-0.2, -0.15) is 0 Å². The number of hydrogen-bond donors (Lipinski definition) is 2. The quantitative estimate of drug-likeness (QED) is 0.446. The molecule has 0 saturated carbocycles. The predicted octanol–water partition coefficient (Wildman–Crippen LogP) is 6.29. The maximum Gasteiger partial charge on any atom is 0.241 e. The van der Waals surface area contributed by atoms with Gasteiger partial charge in [-0.15, -0.1) is 0 Å². The summed E-state index contributed by atoms with van der Waals surface area (Å²) in [5, 5.41) is 5.99. The number of amides is 2. The van der Waals surface area contributed by atoms with Crippen molar-refractivity contribution in [2.75, 3.05) is 10.6 Å². The Bertz CT molecular complexity index is 976. The van der Waals surface area contributed by atoms with Crippen molar-refractivity contribution in [3.8, 4) is 0 Å². The number of hydrogen-bond acceptors (Lipinski definition) is 2. The minimum atomic E-state index is -0.971. The van der Waals surface area contributed by atoms with E-state index in [0.717, 1.165) is 22.5 Å². The monoisotopic (exact) mass is 414 g/mol. The molecule has 0 aliphatic heterocycles. The Hall–Kier alpha value is -3.40. The number of carbonyl (C=O) groups is 2. The molecule has 0 fully saturated rings. The molecule has 0 unspecified atom stereocenters. The number of benzene rings is 3. The van der Waals surface area contributed by atoms with Crippen molar-refractivity contribution in [3.05, 3.63) is 95.6 Å². The molecule has 2 amide bonds. The van der Waals surface area contributed by atoms with Gasteiger partial charge in [-0.3, -0.25) is 9.59 Å².